The lowest BCUT2D eigenvalue weighted by molar-refractivity contribution is 0.601. The zero-order valence-electron chi connectivity index (χ0n) is 14.1. The van der Waals surface area contributed by atoms with Crippen LogP contribution in [-0.2, 0) is 0 Å². The molecule has 1 nitrogen and oxygen atoms in total. The zero-order chi connectivity index (χ0) is 17.1. The number of hydrogen-bond donors (Lipinski definition) is 1. The normalized spacial score (nSPS) is 15.0. The van der Waals surface area contributed by atoms with Crippen LogP contribution in [0.5, 0.6) is 0 Å². The van der Waals surface area contributed by atoms with E-state index in [-0.39, 0.29) is 17.6 Å². The van der Waals surface area contributed by atoms with Gasteiger partial charge in [0.25, 0.3) is 0 Å². The van der Waals surface area contributed by atoms with Crippen LogP contribution in [-0.4, -0.2) is 7.05 Å². The Morgan fingerprint density at radius 1 is 1.04 bits per heavy atom. The summed E-state index contributed by atoms with van der Waals surface area (Å²) >= 11 is 0. The van der Waals surface area contributed by atoms with Gasteiger partial charge in [-0.15, -0.1) is 0 Å². The van der Waals surface area contributed by atoms with Crippen molar-refractivity contribution in [2.45, 2.75) is 44.9 Å². The molecule has 0 amide bonds. The van der Waals surface area contributed by atoms with Crippen molar-refractivity contribution < 1.29 is 8.78 Å². The molecule has 2 N–H and O–H groups in total. The van der Waals surface area contributed by atoms with E-state index in [1.54, 1.807) is 0 Å². The van der Waals surface area contributed by atoms with Crippen LogP contribution in [0.2, 0.25) is 0 Å². The van der Waals surface area contributed by atoms with Crippen LogP contribution in [0.25, 0.3) is 0 Å². The van der Waals surface area contributed by atoms with Gasteiger partial charge in [-0.1, -0.05) is 56.0 Å². The van der Waals surface area contributed by atoms with Crippen LogP contribution >= 0.6 is 0 Å². The van der Waals surface area contributed by atoms with Gasteiger partial charge >= 0.3 is 0 Å². The number of rotatable bonds is 6. The van der Waals surface area contributed by atoms with Gasteiger partial charge in [0.15, 0.2) is 0 Å². The zero-order valence-corrected chi connectivity index (χ0v) is 14.1. The van der Waals surface area contributed by atoms with Crippen molar-refractivity contribution in [2.24, 2.45) is 5.73 Å². The van der Waals surface area contributed by atoms with Crippen LogP contribution in [0, 0.1) is 5.82 Å². The molecule has 1 aromatic carbocycles. The summed E-state index contributed by atoms with van der Waals surface area (Å²) in [5.74, 6) is -0.188. The molecule has 23 heavy (non-hydrogen) atoms. The van der Waals surface area contributed by atoms with E-state index in [9.17, 15) is 8.78 Å². The lowest BCUT2D eigenvalue weighted by Gasteiger charge is -2.20. The summed E-state index contributed by atoms with van der Waals surface area (Å²) in [6, 6.07) is 6.71. The third kappa shape index (κ3) is 6.49. The van der Waals surface area contributed by atoms with Gasteiger partial charge in [-0.05, 0) is 49.7 Å². The van der Waals surface area contributed by atoms with Crippen LogP contribution < -0.4 is 5.73 Å². The average molecular weight is 319 g/mol. The van der Waals surface area contributed by atoms with Crippen LogP contribution in [0.4, 0.5) is 8.78 Å². The number of benzene rings is 1. The molecule has 0 fully saturated rings. The van der Waals surface area contributed by atoms with Gasteiger partial charge in [0, 0.05) is 5.92 Å². The summed E-state index contributed by atoms with van der Waals surface area (Å²) < 4.78 is 26.5. The highest BCUT2D eigenvalue weighted by atomic mass is 19.1. The van der Waals surface area contributed by atoms with Crippen molar-refractivity contribution in [3.8, 4) is 0 Å². The summed E-state index contributed by atoms with van der Waals surface area (Å²) in [5, 5.41) is 0. The Morgan fingerprint density at radius 3 is 2.39 bits per heavy atom. The van der Waals surface area contributed by atoms with E-state index in [1.807, 2.05) is 24.3 Å². The van der Waals surface area contributed by atoms with E-state index in [4.69, 9.17) is 0 Å². The maximum atomic E-state index is 13.3. The molecular formula is C20H27F2N. The Bertz CT molecular complexity index is 541. The lowest BCUT2D eigenvalue weighted by Crippen LogP contribution is -2.03. The molecule has 0 bridgehead atoms. The first-order valence-electron chi connectivity index (χ1n) is 8.26. The second-order valence-electron chi connectivity index (χ2n) is 5.50. The molecule has 1 aliphatic carbocycles. The quantitative estimate of drug-likeness (QED) is 0.658. The lowest BCUT2D eigenvalue weighted by atomic mass is 9.85. The summed E-state index contributed by atoms with van der Waals surface area (Å²) in [4.78, 5) is 0. The molecule has 0 aromatic heterocycles. The Hall–Kier alpha value is -1.74. The van der Waals surface area contributed by atoms with Crippen LogP contribution in [0.15, 0.2) is 60.0 Å². The predicted octanol–water partition coefficient (Wildman–Crippen LogP) is 5.80. The predicted molar refractivity (Wildman–Crippen MR) is 94.4 cm³/mol. The summed E-state index contributed by atoms with van der Waals surface area (Å²) in [7, 11) is 1.50. The van der Waals surface area contributed by atoms with Gasteiger partial charge < -0.3 is 5.73 Å². The molecule has 1 aromatic rings. The fraction of sp³-hybridized carbons (Fsp3) is 0.400. The molecule has 0 spiro atoms. The molecule has 126 valence electrons. The fourth-order valence-corrected chi connectivity index (χ4v) is 2.74. The molecule has 0 saturated carbocycles. The topological polar surface area (TPSA) is 26.0 Å². The van der Waals surface area contributed by atoms with Gasteiger partial charge in [-0.2, -0.15) is 0 Å². The summed E-state index contributed by atoms with van der Waals surface area (Å²) in [5.41, 5.74) is 6.81. The van der Waals surface area contributed by atoms with E-state index < -0.39 is 0 Å². The molecule has 1 aliphatic rings. The highest BCUT2D eigenvalue weighted by Gasteiger charge is 2.16. The molecule has 3 heteroatoms. The standard InChI is InChI=1S/C19H22F2.CH5N/c1-2-3-4-8-19(16-10-13-18(21)14-11-16)15-6-5-7-17(20)12-9-15;1-2/h5,7,9-14,19H,2-4,6,8H2,1H3;2H2,1H3. The first-order chi connectivity index (χ1) is 11.2. The molecule has 0 aliphatic heterocycles. The molecular weight excluding hydrogens is 292 g/mol. The molecule has 2 rings (SSSR count). The summed E-state index contributed by atoms with van der Waals surface area (Å²) in [6.07, 6.45) is 12.0. The van der Waals surface area contributed by atoms with E-state index in [1.165, 1.54) is 49.7 Å². The van der Waals surface area contributed by atoms with E-state index in [0.717, 1.165) is 24.8 Å². The molecule has 0 saturated heterocycles. The van der Waals surface area contributed by atoms with E-state index >= 15 is 0 Å². The van der Waals surface area contributed by atoms with Gasteiger partial charge in [-0.25, -0.2) is 8.78 Å². The maximum absolute atomic E-state index is 13.3. The minimum Gasteiger partial charge on any atom is -0.333 e. The van der Waals surface area contributed by atoms with Crippen molar-refractivity contribution >= 4 is 0 Å². The van der Waals surface area contributed by atoms with Gasteiger partial charge in [0.1, 0.15) is 11.6 Å². The second-order valence-corrected chi connectivity index (χ2v) is 5.50. The Kier molecular flexibility index (Phi) is 9.15. The highest BCUT2D eigenvalue weighted by Crippen LogP contribution is 2.33. The molecule has 0 radical (unpaired) electrons. The molecule has 0 heterocycles. The van der Waals surface area contributed by atoms with Crippen molar-refractivity contribution in [1.82, 2.24) is 0 Å². The van der Waals surface area contributed by atoms with E-state index in [0.29, 0.717) is 0 Å². The minimum absolute atomic E-state index is 0.212. The number of halogens is 2. The largest absolute Gasteiger partial charge is 0.333 e. The third-order valence-electron chi connectivity index (χ3n) is 3.90. The first kappa shape index (κ1) is 19.3. The Labute approximate surface area is 138 Å². The Balaban J connectivity index is 0.00000127. The van der Waals surface area contributed by atoms with Crippen molar-refractivity contribution in [3.63, 3.8) is 0 Å². The smallest absolute Gasteiger partial charge is 0.123 e. The third-order valence-corrected chi connectivity index (χ3v) is 3.90. The maximum Gasteiger partial charge on any atom is 0.123 e. The summed E-state index contributed by atoms with van der Waals surface area (Å²) in [6.45, 7) is 2.18. The van der Waals surface area contributed by atoms with Crippen LogP contribution in [0.3, 0.4) is 0 Å². The first-order valence-corrected chi connectivity index (χ1v) is 8.26. The fourth-order valence-electron chi connectivity index (χ4n) is 2.74. The van der Waals surface area contributed by atoms with Gasteiger partial charge in [-0.3, -0.25) is 0 Å². The van der Waals surface area contributed by atoms with Gasteiger partial charge in [0.2, 0.25) is 0 Å². The molecule has 1 unspecified atom stereocenters. The number of allylic oxidation sites excluding steroid dienone is 6. The van der Waals surface area contributed by atoms with Crippen molar-refractivity contribution in [1.29, 1.82) is 0 Å². The number of hydrogen-bond acceptors (Lipinski definition) is 1. The van der Waals surface area contributed by atoms with Gasteiger partial charge in [0.05, 0.1) is 0 Å². The monoisotopic (exact) mass is 319 g/mol. The van der Waals surface area contributed by atoms with Crippen molar-refractivity contribution in [3.05, 3.63) is 71.4 Å². The van der Waals surface area contributed by atoms with E-state index in [2.05, 4.69) is 12.7 Å². The highest BCUT2D eigenvalue weighted by molar-refractivity contribution is 5.35. The number of unbranched alkanes of at least 4 members (excludes halogenated alkanes) is 2. The van der Waals surface area contributed by atoms with Crippen molar-refractivity contribution in [2.75, 3.05) is 7.05 Å². The second kappa shape index (κ2) is 10.9. The molecule has 1 atom stereocenters. The SMILES string of the molecule is CCCCCC(C1=CC=C(F)C=CC1)c1ccc(F)cc1.CN. The Morgan fingerprint density at radius 2 is 1.74 bits per heavy atom. The number of nitrogens with two attached hydrogens (primary N) is 1. The minimum atomic E-state index is -0.216. The van der Waals surface area contributed by atoms with Crippen LogP contribution in [0.1, 0.15) is 50.5 Å². The average Bonchev–Trinajstić information content (AvgIpc) is 2.79.